The van der Waals surface area contributed by atoms with E-state index in [9.17, 15) is 0 Å². The van der Waals surface area contributed by atoms with Crippen LogP contribution < -0.4 is 10.6 Å². The lowest BCUT2D eigenvalue weighted by Gasteiger charge is -2.28. The summed E-state index contributed by atoms with van der Waals surface area (Å²) >= 11 is 0. The molecule has 0 aromatic rings. The zero-order valence-electron chi connectivity index (χ0n) is 8.45. The fourth-order valence-electron chi connectivity index (χ4n) is 3.19. The van der Waals surface area contributed by atoms with E-state index in [4.69, 9.17) is 0 Å². The number of nitrogens with one attached hydrogen (secondary N) is 2. The van der Waals surface area contributed by atoms with Gasteiger partial charge in [-0.25, -0.2) is 0 Å². The van der Waals surface area contributed by atoms with Crippen LogP contribution in [0.2, 0.25) is 0 Å². The summed E-state index contributed by atoms with van der Waals surface area (Å²) in [4.78, 5) is 0. The van der Waals surface area contributed by atoms with Gasteiger partial charge in [-0.15, -0.1) is 0 Å². The van der Waals surface area contributed by atoms with E-state index < -0.39 is 0 Å². The van der Waals surface area contributed by atoms with E-state index in [1.807, 2.05) is 0 Å². The fourth-order valence-corrected chi connectivity index (χ4v) is 3.19. The van der Waals surface area contributed by atoms with Crippen molar-refractivity contribution in [2.45, 2.75) is 12.5 Å². The van der Waals surface area contributed by atoms with Gasteiger partial charge in [-0.2, -0.15) is 0 Å². The molecule has 0 spiro atoms. The van der Waals surface area contributed by atoms with Crippen molar-refractivity contribution in [3.63, 3.8) is 0 Å². The number of allylic oxidation sites excluding steroid dienone is 2. The largest absolute Gasteiger partial charge is 0.316 e. The van der Waals surface area contributed by atoms with Gasteiger partial charge in [-0.1, -0.05) is 24.3 Å². The molecule has 2 saturated heterocycles. The lowest BCUT2D eigenvalue weighted by Crippen LogP contribution is -2.37. The SMILES string of the molecule is C1=CC2NCCC3CNCC3C2C=C1. The van der Waals surface area contributed by atoms with Crippen LogP contribution in [-0.4, -0.2) is 25.7 Å². The maximum atomic E-state index is 3.65. The van der Waals surface area contributed by atoms with Gasteiger partial charge in [-0.3, -0.25) is 0 Å². The van der Waals surface area contributed by atoms with Crippen LogP contribution in [0.5, 0.6) is 0 Å². The van der Waals surface area contributed by atoms with Crippen LogP contribution in [0.25, 0.3) is 0 Å². The van der Waals surface area contributed by atoms with Gasteiger partial charge in [0, 0.05) is 12.0 Å². The van der Waals surface area contributed by atoms with Gasteiger partial charge in [-0.05, 0) is 37.9 Å². The summed E-state index contributed by atoms with van der Waals surface area (Å²) in [6.45, 7) is 3.63. The van der Waals surface area contributed by atoms with Crippen molar-refractivity contribution in [3.8, 4) is 0 Å². The van der Waals surface area contributed by atoms with E-state index in [0.717, 1.165) is 17.8 Å². The highest BCUT2D eigenvalue weighted by molar-refractivity contribution is 5.19. The summed E-state index contributed by atoms with van der Waals surface area (Å²) in [5.41, 5.74) is 0. The van der Waals surface area contributed by atoms with Crippen molar-refractivity contribution in [1.29, 1.82) is 0 Å². The van der Waals surface area contributed by atoms with Gasteiger partial charge in [0.15, 0.2) is 0 Å². The Morgan fingerprint density at radius 1 is 1.07 bits per heavy atom. The smallest absolute Gasteiger partial charge is 0.0319 e. The summed E-state index contributed by atoms with van der Waals surface area (Å²) in [6.07, 6.45) is 10.5. The predicted molar refractivity (Wildman–Crippen MR) is 58.0 cm³/mol. The predicted octanol–water partition coefficient (Wildman–Crippen LogP) is 0.926. The first kappa shape index (κ1) is 8.69. The highest BCUT2D eigenvalue weighted by Crippen LogP contribution is 2.34. The van der Waals surface area contributed by atoms with Crippen LogP contribution in [-0.2, 0) is 0 Å². The van der Waals surface area contributed by atoms with E-state index >= 15 is 0 Å². The van der Waals surface area contributed by atoms with E-state index in [1.54, 1.807) is 0 Å². The van der Waals surface area contributed by atoms with Crippen LogP contribution in [0.3, 0.4) is 0 Å². The minimum atomic E-state index is 0.592. The van der Waals surface area contributed by atoms with E-state index in [0.29, 0.717) is 6.04 Å². The van der Waals surface area contributed by atoms with Crippen LogP contribution in [0.15, 0.2) is 24.3 Å². The van der Waals surface area contributed by atoms with Crippen molar-refractivity contribution in [2.75, 3.05) is 19.6 Å². The standard InChI is InChI=1S/C12H18N2/c1-2-4-12-10(3-1)11-8-13-7-9(11)5-6-14-12/h1-4,9-14H,5-8H2. The summed E-state index contributed by atoms with van der Waals surface area (Å²) in [6, 6.07) is 0.592. The first-order valence-corrected chi connectivity index (χ1v) is 5.74. The van der Waals surface area contributed by atoms with Crippen molar-refractivity contribution >= 4 is 0 Å². The Morgan fingerprint density at radius 3 is 3.00 bits per heavy atom. The normalized spacial score (nSPS) is 45.7. The van der Waals surface area contributed by atoms with Gasteiger partial charge in [0.05, 0.1) is 0 Å². The van der Waals surface area contributed by atoms with E-state index in [2.05, 4.69) is 34.9 Å². The van der Waals surface area contributed by atoms with Crippen molar-refractivity contribution in [3.05, 3.63) is 24.3 Å². The average molecular weight is 190 g/mol. The van der Waals surface area contributed by atoms with Gasteiger partial charge in [0.2, 0.25) is 0 Å². The molecule has 76 valence electrons. The molecule has 0 saturated carbocycles. The van der Waals surface area contributed by atoms with Gasteiger partial charge in [0.1, 0.15) is 0 Å². The number of hydrogen-bond donors (Lipinski definition) is 2. The maximum Gasteiger partial charge on any atom is 0.0319 e. The molecule has 2 heterocycles. The third-order valence-corrected chi connectivity index (χ3v) is 3.96. The Kier molecular flexibility index (Phi) is 2.18. The molecule has 1 aliphatic carbocycles. The number of hydrogen-bond acceptors (Lipinski definition) is 2. The molecule has 2 heteroatoms. The van der Waals surface area contributed by atoms with Crippen LogP contribution in [0, 0.1) is 17.8 Å². The lowest BCUT2D eigenvalue weighted by molar-refractivity contribution is 0.321. The Hall–Kier alpha value is -0.600. The molecule has 4 unspecified atom stereocenters. The highest BCUT2D eigenvalue weighted by atomic mass is 15.0. The summed E-state index contributed by atoms with van der Waals surface area (Å²) in [5, 5.41) is 7.19. The van der Waals surface area contributed by atoms with Gasteiger partial charge < -0.3 is 10.6 Å². The Balaban J connectivity index is 1.87. The van der Waals surface area contributed by atoms with Crippen molar-refractivity contribution in [2.24, 2.45) is 17.8 Å². The fraction of sp³-hybridized carbons (Fsp3) is 0.667. The monoisotopic (exact) mass is 190 g/mol. The second-order valence-electron chi connectivity index (χ2n) is 4.70. The summed E-state index contributed by atoms with van der Waals surface area (Å²) in [7, 11) is 0. The molecular formula is C12H18N2. The molecule has 0 aromatic heterocycles. The molecule has 0 aromatic carbocycles. The molecular weight excluding hydrogens is 172 g/mol. The molecule has 2 aliphatic heterocycles. The third-order valence-electron chi connectivity index (χ3n) is 3.96. The molecule has 2 fully saturated rings. The van der Waals surface area contributed by atoms with Crippen LogP contribution in [0.4, 0.5) is 0 Å². The second-order valence-corrected chi connectivity index (χ2v) is 4.70. The van der Waals surface area contributed by atoms with Crippen LogP contribution >= 0.6 is 0 Å². The topological polar surface area (TPSA) is 24.1 Å². The molecule has 0 radical (unpaired) electrons. The Morgan fingerprint density at radius 2 is 2.00 bits per heavy atom. The Labute approximate surface area is 85.5 Å². The maximum absolute atomic E-state index is 3.65. The zero-order chi connectivity index (χ0) is 9.38. The molecule has 0 bridgehead atoms. The molecule has 14 heavy (non-hydrogen) atoms. The summed E-state index contributed by atoms with van der Waals surface area (Å²) in [5.74, 6) is 2.48. The first-order valence-electron chi connectivity index (χ1n) is 5.74. The lowest BCUT2D eigenvalue weighted by atomic mass is 9.78. The van der Waals surface area contributed by atoms with Gasteiger partial charge >= 0.3 is 0 Å². The quantitative estimate of drug-likeness (QED) is 0.593. The molecule has 2 N–H and O–H groups in total. The molecule has 0 amide bonds. The molecule has 3 rings (SSSR count). The van der Waals surface area contributed by atoms with Gasteiger partial charge in [0.25, 0.3) is 0 Å². The first-order chi connectivity index (χ1) is 6.95. The minimum absolute atomic E-state index is 0.592. The Bertz CT molecular complexity index is 269. The number of rotatable bonds is 0. The number of fused-ring (bicyclic) bond motifs is 3. The molecule has 3 aliphatic rings. The van der Waals surface area contributed by atoms with Crippen LogP contribution in [0.1, 0.15) is 6.42 Å². The van der Waals surface area contributed by atoms with Crippen molar-refractivity contribution < 1.29 is 0 Å². The summed E-state index contributed by atoms with van der Waals surface area (Å²) < 4.78 is 0. The zero-order valence-corrected chi connectivity index (χ0v) is 8.45. The highest BCUT2D eigenvalue weighted by Gasteiger charge is 2.37. The molecule has 4 atom stereocenters. The minimum Gasteiger partial charge on any atom is -0.316 e. The molecule has 2 nitrogen and oxygen atoms in total. The second kappa shape index (κ2) is 3.52. The third kappa shape index (κ3) is 1.33. The van der Waals surface area contributed by atoms with E-state index in [-0.39, 0.29) is 0 Å². The average Bonchev–Trinajstić information content (AvgIpc) is 2.61. The van der Waals surface area contributed by atoms with E-state index in [1.165, 1.54) is 26.1 Å². The van der Waals surface area contributed by atoms with Crippen molar-refractivity contribution in [1.82, 2.24) is 10.6 Å².